The number of hydrogen-bond acceptors (Lipinski definition) is 5. The first kappa shape index (κ1) is 21.1. The molecule has 1 atom stereocenters. The molecule has 7 nitrogen and oxygen atoms in total. The van der Waals surface area contributed by atoms with Crippen molar-refractivity contribution in [3.05, 3.63) is 54.1 Å². The maximum atomic E-state index is 12.8. The molecule has 0 radical (unpaired) electrons. The Balaban J connectivity index is 1.74. The summed E-state index contributed by atoms with van der Waals surface area (Å²) in [6.45, 7) is 6.54. The largest absolute Gasteiger partial charge is 0.378 e. The number of aryl methyl sites for hydroxylation is 1. The second-order valence-electron chi connectivity index (χ2n) is 7.21. The van der Waals surface area contributed by atoms with Gasteiger partial charge in [-0.2, -0.15) is 0 Å². The van der Waals surface area contributed by atoms with Gasteiger partial charge in [-0.25, -0.2) is 8.42 Å². The van der Waals surface area contributed by atoms with E-state index in [4.69, 9.17) is 4.74 Å². The van der Waals surface area contributed by atoms with Crippen molar-refractivity contribution in [2.24, 2.45) is 0 Å². The lowest BCUT2D eigenvalue weighted by molar-refractivity contribution is -0.116. The number of nitrogens with zero attached hydrogens (tertiary/aromatic N) is 2. The minimum atomic E-state index is -3.64. The van der Waals surface area contributed by atoms with Crippen LogP contribution < -0.4 is 14.5 Å². The highest BCUT2D eigenvalue weighted by Crippen LogP contribution is 2.23. The molecule has 1 aliphatic rings. The number of carbonyl (C=O) groups excluding carboxylic acids is 1. The van der Waals surface area contributed by atoms with Gasteiger partial charge in [0, 0.05) is 24.5 Å². The minimum absolute atomic E-state index is 0.393. The standard InChI is InChI=1S/C21H27N3O4S/c1-16-5-4-6-20(15-16)24(29(3,26)27)17(2)21(25)22-18-7-9-19(10-8-18)23-11-13-28-14-12-23/h4-10,15,17H,11-14H2,1-3H3,(H,22,25). The van der Waals surface area contributed by atoms with Crippen LogP contribution in [0.3, 0.4) is 0 Å². The molecule has 0 aliphatic carbocycles. The molecular weight excluding hydrogens is 390 g/mol. The van der Waals surface area contributed by atoms with Gasteiger partial charge in [-0.1, -0.05) is 12.1 Å². The van der Waals surface area contributed by atoms with Gasteiger partial charge in [0.15, 0.2) is 0 Å². The smallest absolute Gasteiger partial charge is 0.247 e. The van der Waals surface area contributed by atoms with Crippen LogP contribution in [0.1, 0.15) is 12.5 Å². The summed E-state index contributed by atoms with van der Waals surface area (Å²) < 4.78 is 31.3. The molecule has 8 heteroatoms. The minimum Gasteiger partial charge on any atom is -0.378 e. The first-order chi connectivity index (χ1) is 13.8. The van der Waals surface area contributed by atoms with E-state index in [-0.39, 0.29) is 0 Å². The Hall–Kier alpha value is -2.58. The summed E-state index contributed by atoms with van der Waals surface area (Å²) in [4.78, 5) is 15.0. The van der Waals surface area contributed by atoms with Crippen molar-refractivity contribution in [1.82, 2.24) is 0 Å². The lowest BCUT2D eigenvalue weighted by atomic mass is 10.2. The van der Waals surface area contributed by atoms with Gasteiger partial charge < -0.3 is 15.0 Å². The maximum Gasteiger partial charge on any atom is 0.247 e. The normalized spacial score (nSPS) is 15.6. The van der Waals surface area contributed by atoms with Crippen molar-refractivity contribution in [3.63, 3.8) is 0 Å². The number of carbonyl (C=O) groups is 1. The molecule has 1 heterocycles. The monoisotopic (exact) mass is 417 g/mol. The Morgan fingerprint density at radius 3 is 2.38 bits per heavy atom. The van der Waals surface area contributed by atoms with Gasteiger partial charge in [0.05, 0.1) is 25.2 Å². The molecule has 1 fully saturated rings. The summed E-state index contributed by atoms with van der Waals surface area (Å²) in [5, 5.41) is 2.82. The Bertz CT molecular complexity index is 954. The third-order valence-electron chi connectivity index (χ3n) is 4.86. The number of morpholine rings is 1. The van der Waals surface area contributed by atoms with Crippen molar-refractivity contribution in [3.8, 4) is 0 Å². The lowest BCUT2D eigenvalue weighted by Crippen LogP contribution is -2.45. The SMILES string of the molecule is Cc1cccc(N(C(C)C(=O)Nc2ccc(N3CCOCC3)cc2)S(C)(=O)=O)c1. The van der Waals surface area contributed by atoms with Gasteiger partial charge in [-0.05, 0) is 55.8 Å². The molecule has 0 spiro atoms. The summed E-state index contributed by atoms with van der Waals surface area (Å²) in [7, 11) is -3.64. The van der Waals surface area contributed by atoms with Crippen molar-refractivity contribution in [1.29, 1.82) is 0 Å². The zero-order valence-corrected chi connectivity index (χ0v) is 17.8. The molecule has 2 aromatic carbocycles. The summed E-state index contributed by atoms with van der Waals surface area (Å²) in [6, 6.07) is 13.7. The van der Waals surface area contributed by atoms with Crippen LogP contribution in [-0.2, 0) is 19.6 Å². The third kappa shape index (κ3) is 5.27. The Labute approximate surface area is 172 Å². The number of amides is 1. The van der Waals surface area contributed by atoms with Crippen LogP contribution in [0.25, 0.3) is 0 Å². The van der Waals surface area contributed by atoms with E-state index in [9.17, 15) is 13.2 Å². The lowest BCUT2D eigenvalue weighted by Gasteiger charge is -2.29. The molecule has 0 bridgehead atoms. The zero-order valence-electron chi connectivity index (χ0n) is 17.0. The summed E-state index contributed by atoms with van der Waals surface area (Å²) >= 11 is 0. The van der Waals surface area contributed by atoms with E-state index in [1.54, 1.807) is 25.1 Å². The molecule has 0 saturated carbocycles. The van der Waals surface area contributed by atoms with Gasteiger partial charge in [0.25, 0.3) is 0 Å². The highest BCUT2D eigenvalue weighted by molar-refractivity contribution is 7.92. The maximum absolute atomic E-state index is 12.8. The van der Waals surface area contributed by atoms with E-state index in [2.05, 4.69) is 10.2 Å². The number of sulfonamides is 1. The van der Waals surface area contributed by atoms with Crippen molar-refractivity contribution >= 4 is 33.0 Å². The average Bonchev–Trinajstić information content (AvgIpc) is 2.68. The molecule has 1 saturated heterocycles. The summed E-state index contributed by atoms with van der Waals surface area (Å²) in [5.41, 5.74) is 3.08. The number of anilines is 3. The van der Waals surface area contributed by atoms with Crippen LogP contribution in [-0.4, -0.2) is 52.9 Å². The molecule has 1 aliphatic heterocycles. The van der Waals surface area contributed by atoms with Crippen LogP contribution in [0.4, 0.5) is 17.1 Å². The third-order valence-corrected chi connectivity index (χ3v) is 6.10. The number of ether oxygens (including phenoxy) is 1. The highest BCUT2D eigenvalue weighted by Gasteiger charge is 2.29. The topological polar surface area (TPSA) is 79.0 Å². The highest BCUT2D eigenvalue weighted by atomic mass is 32.2. The predicted molar refractivity (Wildman–Crippen MR) is 116 cm³/mol. The van der Waals surface area contributed by atoms with Crippen LogP contribution in [0.15, 0.2) is 48.5 Å². The molecule has 156 valence electrons. The first-order valence-corrected chi connectivity index (χ1v) is 11.4. The van der Waals surface area contributed by atoms with Crippen LogP contribution >= 0.6 is 0 Å². The number of benzene rings is 2. The van der Waals surface area contributed by atoms with Crippen molar-refractivity contribution in [2.45, 2.75) is 19.9 Å². The van der Waals surface area contributed by atoms with Crippen molar-refractivity contribution < 1.29 is 17.9 Å². The molecular formula is C21H27N3O4S. The molecule has 0 aromatic heterocycles. The fourth-order valence-corrected chi connectivity index (χ4v) is 4.56. The van der Waals surface area contributed by atoms with E-state index >= 15 is 0 Å². The Morgan fingerprint density at radius 1 is 1.14 bits per heavy atom. The van der Waals surface area contributed by atoms with Crippen molar-refractivity contribution in [2.75, 3.05) is 47.1 Å². The predicted octanol–water partition coefficient (Wildman–Crippen LogP) is 2.62. The number of nitrogens with one attached hydrogen (secondary N) is 1. The van der Waals surface area contributed by atoms with Crippen LogP contribution in [0, 0.1) is 6.92 Å². The first-order valence-electron chi connectivity index (χ1n) is 9.55. The molecule has 1 unspecified atom stereocenters. The van der Waals surface area contributed by atoms with Gasteiger partial charge in [0.1, 0.15) is 6.04 Å². The average molecular weight is 418 g/mol. The van der Waals surface area contributed by atoms with E-state index in [0.29, 0.717) is 24.6 Å². The molecule has 1 amide bonds. The van der Waals surface area contributed by atoms with Gasteiger partial charge in [-0.3, -0.25) is 9.10 Å². The number of rotatable bonds is 6. The Morgan fingerprint density at radius 2 is 1.79 bits per heavy atom. The van der Waals surface area contributed by atoms with E-state index < -0.39 is 22.0 Å². The fraction of sp³-hybridized carbons (Fsp3) is 0.381. The molecule has 2 aromatic rings. The van der Waals surface area contributed by atoms with E-state index in [1.807, 2.05) is 37.3 Å². The quantitative estimate of drug-likeness (QED) is 0.782. The van der Waals surface area contributed by atoms with E-state index in [0.717, 1.165) is 34.9 Å². The fourth-order valence-electron chi connectivity index (χ4n) is 3.40. The van der Waals surface area contributed by atoms with Gasteiger partial charge in [-0.15, -0.1) is 0 Å². The summed E-state index contributed by atoms with van der Waals surface area (Å²) in [6.07, 6.45) is 1.11. The Kier molecular flexibility index (Phi) is 6.44. The van der Waals surface area contributed by atoms with Gasteiger partial charge >= 0.3 is 0 Å². The van der Waals surface area contributed by atoms with E-state index in [1.165, 1.54) is 0 Å². The van der Waals surface area contributed by atoms with Crippen LogP contribution in [0.2, 0.25) is 0 Å². The summed E-state index contributed by atoms with van der Waals surface area (Å²) in [5.74, 6) is -0.393. The number of hydrogen-bond donors (Lipinski definition) is 1. The second-order valence-corrected chi connectivity index (χ2v) is 9.07. The molecule has 29 heavy (non-hydrogen) atoms. The van der Waals surface area contributed by atoms with Gasteiger partial charge in [0.2, 0.25) is 15.9 Å². The molecule has 1 N–H and O–H groups in total. The van der Waals surface area contributed by atoms with Crippen LogP contribution in [0.5, 0.6) is 0 Å². The molecule has 3 rings (SSSR count). The second kappa shape index (κ2) is 8.84. The zero-order chi connectivity index (χ0) is 21.0.